The summed E-state index contributed by atoms with van der Waals surface area (Å²) >= 11 is 5.08. The van der Waals surface area contributed by atoms with E-state index in [-0.39, 0.29) is 5.91 Å². The molecular weight excluding hydrogens is 382 g/mol. The average molecular weight is 402 g/mol. The summed E-state index contributed by atoms with van der Waals surface area (Å²) in [5.41, 5.74) is 2.05. The lowest BCUT2D eigenvalue weighted by molar-refractivity contribution is 0.103. The molecule has 1 aliphatic rings. The van der Waals surface area contributed by atoms with Gasteiger partial charge in [0.25, 0.3) is 5.91 Å². The fourth-order valence-electron chi connectivity index (χ4n) is 2.86. The van der Waals surface area contributed by atoms with E-state index in [1.165, 1.54) is 22.8 Å². The number of benzene rings is 1. The number of nitrogens with one attached hydrogen (secondary N) is 1. The monoisotopic (exact) mass is 401 g/mol. The summed E-state index contributed by atoms with van der Waals surface area (Å²) in [4.78, 5) is 21.3. The molecule has 0 radical (unpaired) electrons. The van der Waals surface area contributed by atoms with E-state index in [0.29, 0.717) is 4.88 Å². The van der Waals surface area contributed by atoms with E-state index in [4.69, 9.17) is 0 Å². The second-order valence-corrected chi connectivity index (χ2v) is 9.21. The van der Waals surface area contributed by atoms with Crippen LogP contribution in [0.5, 0.6) is 0 Å². The zero-order chi connectivity index (χ0) is 17.8. The summed E-state index contributed by atoms with van der Waals surface area (Å²) < 4.78 is 0. The zero-order valence-corrected chi connectivity index (χ0v) is 16.6. The van der Waals surface area contributed by atoms with Crippen LogP contribution in [0.1, 0.15) is 15.2 Å². The summed E-state index contributed by atoms with van der Waals surface area (Å²) in [7, 11) is 0. The number of nitrogens with zero attached hydrogens (tertiary/aromatic N) is 2. The molecule has 0 aliphatic carbocycles. The van der Waals surface area contributed by atoms with Crippen molar-refractivity contribution in [3.8, 4) is 9.88 Å². The van der Waals surface area contributed by atoms with Gasteiger partial charge in [-0.25, -0.2) is 4.98 Å². The van der Waals surface area contributed by atoms with Crippen LogP contribution in [0.4, 0.5) is 5.69 Å². The number of thiophene rings is 1. The molecule has 0 saturated carbocycles. The lowest BCUT2D eigenvalue weighted by atomic mass is 10.1. The Hall–Kier alpha value is -1.67. The van der Waals surface area contributed by atoms with Crippen molar-refractivity contribution < 1.29 is 4.79 Å². The fourth-order valence-corrected chi connectivity index (χ4v) is 5.45. The van der Waals surface area contributed by atoms with Crippen LogP contribution in [-0.4, -0.2) is 40.4 Å². The van der Waals surface area contributed by atoms with E-state index >= 15 is 0 Å². The first kappa shape index (κ1) is 17.7. The van der Waals surface area contributed by atoms with Crippen LogP contribution in [0, 0.1) is 0 Å². The molecule has 0 bridgehead atoms. The number of carbonyl (C=O) groups excluding carboxylic acids is 1. The van der Waals surface area contributed by atoms with E-state index in [1.807, 2.05) is 47.5 Å². The third-order valence-electron chi connectivity index (χ3n) is 4.22. The minimum Gasteiger partial charge on any atom is -0.321 e. The maximum Gasteiger partial charge on any atom is 0.267 e. The molecule has 4 nitrogen and oxygen atoms in total. The highest BCUT2D eigenvalue weighted by Gasteiger charge is 2.16. The summed E-state index contributed by atoms with van der Waals surface area (Å²) in [6.07, 6.45) is 1.67. The molecule has 134 valence electrons. The number of thioether (sulfide) groups is 1. The number of hydrogen-bond donors (Lipinski definition) is 1. The molecular formula is C19H19N3OS3. The smallest absolute Gasteiger partial charge is 0.267 e. The first-order chi connectivity index (χ1) is 12.8. The normalized spacial score (nSPS) is 15.1. The van der Waals surface area contributed by atoms with Crippen LogP contribution in [0.2, 0.25) is 0 Å². The summed E-state index contributed by atoms with van der Waals surface area (Å²) in [6, 6.07) is 12.1. The largest absolute Gasteiger partial charge is 0.321 e. The molecule has 0 atom stereocenters. The topological polar surface area (TPSA) is 45.2 Å². The van der Waals surface area contributed by atoms with Crippen molar-refractivity contribution in [2.24, 2.45) is 0 Å². The van der Waals surface area contributed by atoms with E-state index in [0.717, 1.165) is 40.8 Å². The highest BCUT2D eigenvalue weighted by molar-refractivity contribution is 7.99. The van der Waals surface area contributed by atoms with Gasteiger partial charge in [0.2, 0.25) is 0 Å². The third-order valence-corrected chi connectivity index (χ3v) is 7.20. The minimum absolute atomic E-state index is 0.0908. The van der Waals surface area contributed by atoms with E-state index in [2.05, 4.69) is 21.3 Å². The number of thiazole rings is 1. The lowest BCUT2D eigenvalue weighted by Crippen LogP contribution is -2.32. The number of anilines is 1. The molecule has 1 saturated heterocycles. The standard InChI is InChI=1S/C19H19N3OS3/c23-18(17-12-20-19(26-17)16-6-3-9-25-16)21-15-5-2-1-4-14(15)13-22-7-10-24-11-8-22/h1-6,9,12H,7-8,10-11,13H2,(H,21,23). The molecule has 1 aromatic carbocycles. The van der Waals surface area contributed by atoms with Crippen molar-refractivity contribution >= 4 is 46.0 Å². The molecule has 26 heavy (non-hydrogen) atoms. The van der Waals surface area contributed by atoms with Crippen molar-refractivity contribution in [3.63, 3.8) is 0 Å². The number of aromatic nitrogens is 1. The second-order valence-electron chi connectivity index (χ2n) is 6.01. The van der Waals surface area contributed by atoms with Gasteiger partial charge in [-0.3, -0.25) is 9.69 Å². The van der Waals surface area contributed by atoms with Crippen LogP contribution in [0.3, 0.4) is 0 Å². The summed E-state index contributed by atoms with van der Waals surface area (Å²) in [5.74, 6) is 2.27. The van der Waals surface area contributed by atoms with Gasteiger partial charge in [-0.15, -0.1) is 22.7 Å². The molecule has 3 heterocycles. The quantitative estimate of drug-likeness (QED) is 0.675. The molecule has 1 aliphatic heterocycles. The molecule has 1 N–H and O–H groups in total. The van der Waals surface area contributed by atoms with Gasteiger partial charge >= 0.3 is 0 Å². The second kappa shape index (κ2) is 8.35. The molecule has 7 heteroatoms. The van der Waals surface area contributed by atoms with Gasteiger partial charge in [-0.2, -0.15) is 11.8 Å². The Morgan fingerprint density at radius 1 is 1.15 bits per heavy atom. The Balaban J connectivity index is 1.47. The van der Waals surface area contributed by atoms with Gasteiger partial charge in [0, 0.05) is 36.8 Å². The van der Waals surface area contributed by atoms with Gasteiger partial charge in [-0.05, 0) is 23.1 Å². The maximum absolute atomic E-state index is 12.7. The van der Waals surface area contributed by atoms with Crippen LogP contribution in [-0.2, 0) is 6.54 Å². The Morgan fingerprint density at radius 3 is 2.81 bits per heavy atom. The van der Waals surface area contributed by atoms with Gasteiger partial charge in [-0.1, -0.05) is 24.3 Å². The zero-order valence-electron chi connectivity index (χ0n) is 14.2. The molecule has 1 amide bonds. The molecule has 1 fully saturated rings. The number of amides is 1. The highest BCUT2D eigenvalue weighted by atomic mass is 32.2. The number of para-hydroxylation sites is 1. The van der Waals surface area contributed by atoms with Crippen LogP contribution >= 0.6 is 34.4 Å². The number of hydrogen-bond acceptors (Lipinski definition) is 6. The van der Waals surface area contributed by atoms with Gasteiger partial charge in [0.1, 0.15) is 9.88 Å². The van der Waals surface area contributed by atoms with Crippen LogP contribution in [0.15, 0.2) is 48.0 Å². The first-order valence-corrected chi connectivity index (χ1v) is 11.3. The van der Waals surface area contributed by atoms with E-state index < -0.39 is 0 Å². The Labute approximate surface area is 165 Å². The minimum atomic E-state index is -0.0908. The van der Waals surface area contributed by atoms with Crippen molar-refractivity contribution in [3.05, 3.63) is 58.4 Å². The highest BCUT2D eigenvalue weighted by Crippen LogP contribution is 2.29. The van der Waals surface area contributed by atoms with Gasteiger partial charge < -0.3 is 5.32 Å². The Kier molecular flexibility index (Phi) is 5.69. The Bertz CT molecular complexity index is 870. The van der Waals surface area contributed by atoms with Crippen LogP contribution < -0.4 is 5.32 Å². The van der Waals surface area contributed by atoms with Crippen molar-refractivity contribution in [2.75, 3.05) is 29.9 Å². The third kappa shape index (κ3) is 4.17. The predicted octanol–water partition coefficient (Wildman–Crippen LogP) is 4.67. The SMILES string of the molecule is O=C(Nc1ccccc1CN1CCSCC1)c1cnc(-c2cccs2)s1. The molecule has 3 aromatic rings. The van der Waals surface area contributed by atoms with Gasteiger partial charge in [0.15, 0.2) is 0 Å². The van der Waals surface area contributed by atoms with Crippen LogP contribution in [0.25, 0.3) is 9.88 Å². The lowest BCUT2D eigenvalue weighted by Gasteiger charge is -2.27. The Morgan fingerprint density at radius 2 is 2.00 bits per heavy atom. The van der Waals surface area contributed by atoms with Crippen molar-refractivity contribution in [2.45, 2.75) is 6.54 Å². The molecule has 2 aromatic heterocycles. The molecule has 4 rings (SSSR count). The number of rotatable bonds is 5. The summed E-state index contributed by atoms with van der Waals surface area (Å²) in [6.45, 7) is 3.08. The van der Waals surface area contributed by atoms with Crippen molar-refractivity contribution in [1.82, 2.24) is 9.88 Å². The fraction of sp³-hybridized carbons (Fsp3) is 0.263. The van der Waals surface area contributed by atoms with Crippen molar-refractivity contribution in [1.29, 1.82) is 0 Å². The predicted molar refractivity (Wildman–Crippen MR) is 112 cm³/mol. The van der Waals surface area contributed by atoms with E-state index in [1.54, 1.807) is 17.5 Å². The first-order valence-electron chi connectivity index (χ1n) is 8.48. The molecule has 0 spiro atoms. The van der Waals surface area contributed by atoms with Gasteiger partial charge in [0.05, 0.1) is 11.1 Å². The summed E-state index contributed by atoms with van der Waals surface area (Å²) in [5, 5.41) is 5.99. The number of carbonyl (C=O) groups is 1. The maximum atomic E-state index is 12.7. The average Bonchev–Trinajstić information content (AvgIpc) is 3.36. The van der Waals surface area contributed by atoms with E-state index in [9.17, 15) is 4.79 Å². The molecule has 0 unspecified atom stereocenters.